The number of hydrogen-bond donors (Lipinski definition) is 1. The zero-order valence-corrected chi connectivity index (χ0v) is 15.4. The molecule has 0 aliphatic carbocycles. The molecule has 1 aromatic rings. The van der Waals surface area contributed by atoms with E-state index in [9.17, 15) is 14.4 Å². The molecule has 0 aromatic heterocycles. The van der Waals surface area contributed by atoms with E-state index in [2.05, 4.69) is 5.32 Å². The maximum atomic E-state index is 12.5. The number of ether oxygens (including phenoxy) is 3. The van der Waals surface area contributed by atoms with Crippen LogP contribution in [0, 0.1) is 0 Å². The number of carbonyl (C=O) groups is 3. The Hall–Kier alpha value is -3.03. The van der Waals surface area contributed by atoms with Gasteiger partial charge in [0.25, 0.3) is 0 Å². The van der Waals surface area contributed by atoms with Crippen molar-refractivity contribution in [3.8, 4) is 11.5 Å². The Bertz CT molecular complexity index is 771. The minimum atomic E-state index is -0.930. The van der Waals surface area contributed by atoms with Gasteiger partial charge in [-0.1, -0.05) is 6.07 Å². The highest BCUT2D eigenvalue weighted by atomic mass is 16.5. The number of amides is 3. The third kappa shape index (κ3) is 3.49. The van der Waals surface area contributed by atoms with E-state index in [0.29, 0.717) is 22.8 Å². The molecule has 0 saturated carbocycles. The van der Waals surface area contributed by atoms with Gasteiger partial charge in [-0.15, -0.1) is 0 Å². The maximum absolute atomic E-state index is 12.5. The van der Waals surface area contributed by atoms with Gasteiger partial charge in [-0.2, -0.15) is 0 Å². The number of rotatable bonds is 5. The molecule has 0 saturated heterocycles. The van der Waals surface area contributed by atoms with Crippen molar-refractivity contribution in [1.29, 1.82) is 0 Å². The van der Waals surface area contributed by atoms with Crippen molar-refractivity contribution >= 4 is 17.9 Å². The zero-order valence-electron chi connectivity index (χ0n) is 15.4. The van der Waals surface area contributed by atoms with Crippen LogP contribution in [0.25, 0.3) is 0 Å². The number of imide groups is 1. The van der Waals surface area contributed by atoms with E-state index in [0.717, 1.165) is 4.90 Å². The number of esters is 1. The minimum absolute atomic E-state index is 0.169. The van der Waals surface area contributed by atoms with Crippen LogP contribution in [0.15, 0.2) is 29.5 Å². The van der Waals surface area contributed by atoms with E-state index >= 15 is 0 Å². The summed E-state index contributed by atoms with van der Waals surface area (Å²) >= 11 is 0. The largest absolute Gasteiger partial charge is 0.493 e. The maximum Gasteiger partial charge on any atom is 0.338 e. The highest BCUT2D eigenvalue weighted by Crippen LogP contribution is 2.38. The molecule has 8 nitrogen and oxygen atoms in total. The first-order valence-corrected chi connectivity index (χ1v) is 8.06. The van der Waals surface area contributed by atoms with Gasteiger partial charge in [-0.3, -0.25) is 9.69 Å². The number of benzene rings is 1. The summed E-state index contributed by atoms with van der Waals surface area (Å²) in [6.07, 6.45) is 0. The first-order valence-electron chi connectivity index (χ1n) is 8.06. The number of urea groups is 1. The lowest BCUT2D eigenvalue weighted by Gasteiger charge is -2.35. The van der Waals surface area contributed by atoms with Gasteiger partial charge in [0, 0.05) is 12.6 Å². The fourth-order valence-electron chi connectivity index (χ4n) is 2.88. The Labute approximate surface area is 151 Å². The van der Waals surface area contributed by atoms with Crippen molar-refractivity contribution in [2.75, 3.05) is 20.8 Å². The molecule has 1 heterocycles. The number of nitrogens with one attached hydrogen (secondary N) is 1. The van der Waals surface area contributed by atoms with E-state index in [1.165, 1.54) is 21.1 Å². The van der Waals surface area contributed by atoms with Crippen molar-refractivity contribution in [3.05, 3.63) is 35.0 Å². The molecule has 2 rings (SSSR count). The highest BCUT2D eigenvalue weighted by molar-refractivity contribution is 6.01. The SMILES string of the molecule is CCOC(=O)C1=C(C)NC(=O)N(C(C)=O)C1c1ccc(OC)c(OC)c1. The van der Waals surface area contributed by atoms with Crippen molar-refractivity contribution in [1.82, 2.24) is 10.2 Å². The van der Waals surface area contributed by atoms with Crippen LogP contribution in [0.1, 0.15) is 32.4 Å². The minimum Gasteiger partial charge on any atom is -0.493 e. The molecule has 3 amide bonds. The molecule has 1 unspecified atom stereocenters. The summed E-state index contributed by atoms with van der Waals surface area (Å²) in [4.78, 5) is 38.0. The molecule has 26 heavy (non-hydrogen) atoms. The highest BCUT2D eigenvalue weighted by Gasteiger charge is 2.40. The quantitative estimate of drug-likeness (QED) is 0.807. The van der Waals surface area contributed by atoms with Crippen LogP contribution in [-0.2, 0) is 14.3 Å². The third-order valence-corrected chi connectivity index (χ3v) is 4.01. The van der Waals surface area contributed by atoms with E-state index < -0.39 is 23.9 Å². The Kier molecular flexibility index (Phi) is 5.86. The lowest BCUT2D eigenvalue weighted by Crippen LogP contribution is -2.50. The van der Waals surface area contributed by atoms with Crippen LogP contribution in [0.4, 0.5) is 4.79 Å². The molecular formula is C18H22N2O6. The molecule has 140 valence electrons. The van der Waals surface area contributed by atoms with Gasteiger partial charge in [0.05, 0.1) is 26.4 Å². The van der Waals surface area contributed by atoms with Crippen LogP contribution in [0.2, 0.25) is 0 Å². The van der Waals surface area contributed by atoms with Crippen molar-refractivity contribution in [3.63, 3.8) is 0 Å². The summed E-state index contributed by atoms with van der Waals surface area (Å²) in [7, 11) is 2.98. The number of nitrogens with zero attached hydrogens (tertiary/aromatic N) is 1. The number of hydrogen-bond acceptors (Lipinski definition) is 6. The van der Waals surface area contributed by atoms with Gasteiger partial charge < -0.3 is 19.5 Å². The topological polar surface area (TPSA) is 94.2 Å². The summed E-state index contributed by atoms with van der Waals surface area (Å²) in [6.45, 7) is 4.71. The average Bonchev–Trinajstić information content (AvgIpc) is 2.60. The molecule has 0 fully saturated rings. The first-order chi connectivity index (χ1) is 12.3. The lowest BCUT2D eigenvalue weighted by atomic mass is 9.93. The molecule has 0 spiro atoms. The van der Waals surface area contributed by atoms with Crippen LogP contribution < -0.4 is 14.8 Å². The van der Waals surface area contributed by atoms with Gasteiger partial charge in [0.2, 0.25) is 5.91 Å². The van der Waals surface area contributed by atoms with Crippen molar-refractivity contribution in [2.24, 2.45) is 0 Å². The standard InChI is InChI=1S/C18H22N2O6/c1-6-26-17(22)15-10(2)19-18(23)20(11(3)21)16(15)12-7-8-13(24-4)14(9-12)25-5/h7-9,16H,6H2,1-5H3,(H,19,23). The second kappa shape index (κ2) is 7.90. The van der Waals surface area contributed by atoms with Crippen molar-refractivity contribution < 1.29 is 28.6 Å². The Morgan fingerprint density at radius 1 is 1.19 bits per heavy atom. The van der Waals surface area contributed by atoms with E-state index in [4.69, 9.17) is 14.2 Å². The monoisotopic (exact) mass is 362 g/mol. The van der Waals surface area contributed by atoms with Crippen LogP contribution in [-0.4, -0.2) is 43.6 Å². The second-order valence-electron chi connectivity index (χ2n) is 5.60. The Balaban J connectivity index is 2.67. The molecule has 1 aliphatic rings. The fraction of sp³-hybridized carbons (Fsp3) is 0.389. The van der Waals surface area contributed by atoms with Gasteiger partial charge in [-0.05, 0) is 31.5 Å². The first kappa shape index (κ1) is 19.3. The van der Waals surface area contributed by atoms with E-state index in [1.807, 2.05) is 0 Å². The molecule has 0 bridgehead atoms. The van der Waals surface area contributed by atoms with Crippen LogP contribution in [0.5, 0.6) is 11.5 Å². The van der Waals surface area contributed by atoms with Gasteiger partial charge in [0.15, 0.2) is 11.5 Å². The smallest absolute Gasteiger partial charge is 0.338 e. The predicted octanol–water partition coefficient (Wildman–Crippen LogP) is 2.15. The molecule has 1 aliphatic heterocycles. The summed E-state index contributed by atoms with van der Waals surface area (Å²) in [6, 6.07) is 3.41. The number of carbonyl (C=O) groups excluding carboxylic acids is 3. The Morgan fingerprint density at radius 2 is 1.85 bits per heavy atom. The normalized spacial score (nSPS) is 16.9. The van der Waals surface area contributed by atoms with Gasteiger partial charge in [0.1, 0.15) is 6.04 Å². The molecule has 1 atom stereocenters. The van der Waals surface area contributed by atoms with Crippen LogP contribution in [0.3, 0.4) is 0 Å². The van der Waals surface area contributed by atoms with Gasteiger partial charge >= 0.3 is 12.0 Å². The third-order valence-electron chi connectivity index (χ3n) is 4.01. The second-order valence-corrected chi connectivity index (χ2v) is 5.60. The Morgan fingerprint density at radius 3 is 2.38 bits per heavy atom. The molecule has 8 heteroatoms. The van der Waals surface area contributed by atoms with Gasteiger partial charge in [-0.25, -0.2) is 9.59 Å². The number of methoxy groups -OCH3 is 2. The average molecular weight is 362 g/mol. The summed E-state index contributed by atoms with van der Waals surface area (Å²) < 4.78 is 15.6. The summed E-state index contributed by atoms with van der Waals surface area (Å²) in [5.74, 6) is -0.197. The predicted molar refractivity (Wildman–Crippen MR) is 92.7 cm³/mol. The van der Waals surface area contributed by atoms with E-state index in [1.54, 1.807) is 32.0 Å². The number of allylic oxidation sites excluding steroid dienone is 1. The summed E-state index contributed by atoms with van der Waals surface area (Å²) in [5.41, 5.74) is 1.05. The molecule has 0 radical (unpaired) electrons. The molecular weight excluding hydrogens is 340 g/mol. The lowest BCUT2D eigenvalue weighted by molar-refractivity contribution is -0.139. The zero-order chi connectivity index (χ0) is 19.4. The fourth-order valence-corrected chi connectivity index (χ4v) is 2.88. The van der Waals surface area contributed by atoms with E-state index in [-0.39, 0.29) is 12.2 Å². The summed E-state index contributed by atoms with van der Waals surface area (Å²) in [5, 5.41) is 2.54. The molecule has 1 N–H and O–H groups in total. The molecule has 1 aromatic carbocycles. The van der Waals surface area contributed by atoms with Crippen LogP contribution >= 0.6 is 0 Å². The van der Waals surface area contributed by atoms with Crippen molar-refractivity contribution in [2.45, 2.75) is 26.8 Å².